The second-order valence-corrected chi connectivity index (χ2v) is 22.5. The van der Waals surface area contributed by atoms with E-state index in [9.17, 15) is 5.11 Å². The molecule has 0 unspecified atom stereocenters. The van der Waals surface area contributed by atoms with Gasteiger partial charge in [0.15, 0.2) is 0 Å². The number of fused-ring (bicyclic) bond motifs is 1. The zero-order chi connectivity index (χ0) is 52.1. The zero-order valence-corrected chi connectivity index (χ0v) is 44.2. The zero-order valence-electron chi connectivity index (χ0n) is 44.2. The number of para-hydroxylation sites is 1. The first-order chi connectivity index (χ1) is 36.1. The molecule has 0 radical (unpaired) electrons. The lowest BCUT2D eigenvalue weighted by Crippen LogP contribution is -2.18. The molecule has 2 heterocycles. The highest BCUT2D eigenvalue weighted by atomic mass is 16.3. The SMILES string of the molecule is CC(C)(C)c1cc(-c2cc(-c3cccc(C(C)(C)c4ccccc4)c3)ccn2)cc(-c2cccc3c2nc(-c2cc(-c4ccccc4)cc(-c4ccccc4)c2O)n3-c2ccc(C(C)(C)C)cc2-c2ccccc2)c1. The van der Waals surface area contributed by atoms with Gasteiger partial charge in [-0.1, -0.05) is 225 Å². The highest BCUT2D eigenvalue weighted by Gasteiger charge is 2.28. The number of benzene rings is 9. The maximum absolute atomic E-state index is 12.8. The van der Waals surface area contributed by atoms with Gasteiger partial charge in [0.2, 0.25) is 0 Å². The minimum absolute atomic E-state index is 0.102. The van der Waals surface area contributed by atoms with Gasteiger partial charge in [0.05, 0.1) is 28.0 Å². The molecule has 0 aliphatic heterocycles. The first-order valence-electron chi connectivity index (χ1n) is 26.1. The predicted octanol–water partition coefficient (Wildman–Crippen LogP) is 18.7. The van der Waals surface area contributed by atoms with Crippen LogP contribution in [0.3, 0.4) is 0 Å². The Hall–Kier alpha value is -8.60. The van der Waals surface area contributed by atoms with E-state index in [1.807, 2.05) is 30.5 Å². The fourth-order valence-corrected chi connectivity index (χ4v) is 10.5. The van der Waals surface area contributed by atoms with Gasteiger partial charge in [0.1, 0.15) is 11.6 Å². The Kier molecular flexibility index (Phi) is 12.6. The molecular formula is C71H63N3O. The third kappa shape index (κ3) is 9.49. The van der Waals surface area contributed by atoms with Gasteiger partial charge in [-0.3, -0.25) is 9.55 Å². The van der Waals surface area contributed by atoms with Crippen molar-refractivity contribution in [1.29, 1.82) is 0 Å². The highest BCUT2D eigenvalue weighted by Crippen LogP contribution is 2.47. The Morgan fingerprint density at radius 1 is 0.360 bits per heavy atom. The number of rotatable bonds is 10. The van der Waals surface area contributed by atoms with Gasteiger partial charge < -0.3 is 5.11 Å². The van der Waals surface area contributed by atoms with Crippen LogP contribution in [0.15, 0.2) is 231 Å². The van der Waals surface area contributed by atoms with E-state index in [2.05, 4.69) is 260 Å². The van der Waals surface area contributed by atoms with E-state index in [0.29, 0.717) is 11.4 Å². The second kappa shape index (κ2) is 19.3. The van der Waals surface area contributed by atoms with Crippen LogP contribution < -0.4 is 0 Å². The Labute approximate surface area is 442 Å². The third-order valence-electron chi connectivity index (χ3n) is 15.0. The number of aromatic hydroxyl groups is 1. The number of nitrogens with zero attached hydrogens (tertiary/aromatic N) is 3. The van der Waals surface area contributed by atoms with Crippen LogP contribution in [-0.2, 0) is 16.2 Å². The van der Waals surface area contributed by atoms with Gasteiger partial charge >= 0.3 is 0 Å². The Morgan fingerprint density at radius 3 is 1.57 bits per heavy atom. The summed E-state index contributed by atoms with van der Waals surface area (Å²) in [5, 5.41) is 12.8. The van der Waals surface area contributed by atoms with Gasteiger partial charge in [0.25, 0.3) is 0 Å². The maximum Gasteiger partial charge on any atom is 0.149 e. The van der Waals surface area contributed by atoms with Crippen molar-refractivity contribution >= 4 is 11.0 Å². The molecule has 0 aliphatic carbocycles. The van der Waals surface area contributed by atoms with Crippen molar-refractivity contribution in [3.8, 4) is 89.7 Å². The summed E-state index contributed by atoms with van der Waals surface area (Å²) in [5.74, 6) is 0.813. The summed E-state index contributed by atoms with van der Waals surface area (Å²) in [5.41, 5.74) is 19.9. The van der Waals surface area contributed by atoms with E-state index in [4.69, 9.17) is 9.97 Å². The minimum Gasteiger partial charge on any atom is -0.507 e. The molecule has 0 fully saturated rings. The number of hydrogen-bond acceptors (Lipinski definition) is 3. The number of pyridine rings is 1. The van der Waals surface area contributed by atoms with Crippen LogP contribution in [0.25, 0.3) is 95.0 Å². The van der Waals surface area contributed by atoms with Crippen LogP contribution in [0.4, 0.5) is 0 Å². The van der Waals surface area contributed by atoms with E-state index in [-0.39, 0.29) is 22.0 Å². The average molecular weight is 974 g/mol. The summed E-state index contributed by atoms with van der Waals surface area (Å²) < 4.78 is 2.28. The molecule has 11 aromatic rings. The van der Waals surface area contributed by atoms with E-state index >= 15 is 0 Å². The van der Waals surface area contributed by atoms with Crippen molar-refractivity contribution in [2.45, 2.75) is 71.6 Å². The molecule has 0 aliphatic rings. The van der Waals surface area contributed by atoms with Crippen LogP contribution >= 0.6 is 0 Å². The van der Waals surface area contributed by atoms with E-state index in [0.717, 1.165) is 83.6 Å². The summed E-state index contributed by atoms with van der Waals surface area (Å²) >= 11 is 0. The second-order valence-electron chi connectivity index (χ2n) is 22.5. The molecule has 4 heteroatoms. The Balaban J connectivity index is 1.15. The molecule has 0 bridgehead atoms. The van der Waals surface area contributed by atoms with Gasteiger partial charge in [-0.05, 0) is 127 Å². The van der Waals surface area contributed by atoms with Crippen molar-refractivity contribution in [2.24, 2.45) is 0 Å². The average Bonchev–Trinajstić information content (AvgIpc) is 3.83. The lowest BCUT2D eigenvalue weighted by atomic mass is 9.77. The fourth-order valence-electron chi connectivity index (χ4n) is 10.5. The number of phenols is 1. The monoisotopic (exact) mass is 973 g/mol. The molecule has 1 N–H and O–H groups in total. The smallest absolute Gasteiger partial charge is 0.149 e. The lowest BCUT2D eigenvalue weighted by Gasteiger charge is -2.26. The molecule has 4 nitrogen and oxygen atoms in total. The molecular weight excluding hydrogens is 911 g/mol. The first kappa shape index (κ1) is 48.7. The van der Waals surface area contributed by atoms with Crippen molar-refractivity contribution in [2.75, 3.05) is 0 Å². The fraction of sp³-hybridized carbons (Fsp3) is 0.155. The lowest BCUT2D eigenvalue weighted by molar-refractivity contribution is 0.479. The maximum atomic E-state index is 12.8. The molecule has 2 aromatic heterocycles. The molecule has 75 heavy (non-hydrogen) atoms. The largest absolute Gasteiger partial charge is 0.507 e. The van der Waals surface area contributed by atoms with Crippen molar-refractivity contribution < 1.29 is 5.11 Å². The topological polar surface area (TPSA) is 50.9 Å². The summed E-state index contributed by atoms with van der Waals surface area (Å²) in [6, 6.07) is 79.6. The summed E-state index contributed by atoms with van der Waals surface area (Å²) in [6.45, 7) is 18.2. The molecule has 0 saturated heterocycles. The molecule has 9 aromatic carbocycles. The van der Waals surface area contributed by atoms with Gasteiger partial charge in [-0.15, -0.1) is 0 Å². The molecule has 11 rings (SSSR count). The van der Waals surface area contributed by atoms with E-state index in [1.54, 1.807) is 0 Å². The van der Waals surface area contributed by atoms with Crippen molar-refractivity contribution in [3.63, 3.8) is 0 Å². The third-order valence-corrected chi connectivity index (χ3v) is 15.0. The molecule has 368 valence electrons. The van der Waals surface area contributed by atoms with Gasteiger partial charge in [-0.25, -0.2) is 4.98 Å². The number of phenolic OH excluding ortho intramolecular Hbond substituents is 1. The van der Waals surface area contributed by atoms with E-state index < -0.39 is 0 Å². The van der Waals surface area contributed by atoms with Gasteiger partial charge in [-0.2, -0.15) is 0 Å². The van der Waals surface area contributed by atoms with Crippen LogP contribution in [-0.4, -0.2) is 19.6 Å². The van der Waals surface area contributed by atoms with Crippen LogP contribution in [0.1, 0.15) is 77.6 Å². The Bertz CT molecular complexity index is 3860. The van der Waals surface area contributed by atoms with Crippen LogP contribution in [0.5, 0.6) is 5.75 Å². The van der Waals surface area contributed by atoms with Crippen molar-refractivity contribution in [3.05, 3.63) is 253 Å². The number of aromatic nitrogens is 3. The number of hydrogen-bond donors (Lipinski definition) is 1. The first-order valence-corrected chi connectivity index (χ1v) is 26.1. The normalized spacial score (nSPS) is 12.1. The number of imidazole rings is 1. The highest BCUT2D eigenvalue weighted by molar-refractivity contribution is 5.99. The van der Waals surface area contributed by atoms with Gasteiger partial charge in [0, 0.05) is 33.9 Å². The molecule has 0 saturated carbocycles. The minimum atomic E-state index is -0.185. The predicted molar refractivity (Wildman–Crippen MR) is 315 cm³/mol. The standard InChI is InChI=1S/C71H63N3O/c1-69(2,3)56-35-36-64(60(46-56)48-25-15-10-16-26-48)74-65-34-22-33-59(66(65)73-68(74)62-44-52(47-23-13-9-14-24-47)43-61(67(62)75)49-27-17-11-18-28-49)53-39-54(42-58(41-53)70(4,5)6)63-45-51(37-38-72-63)50-29-21-32-57(40-50)71(7,8)55-30-19-12-20-31-55/h9-46,75H,1-8H3. The van der Waals surface area contributed by atoms with Crippen LogP contribution in [0.2, 0.25) is 0 Å². The summed E-state index contributed by atoms with van der Waals surface area (Å²) in [4.78, 5) is 10.8. The quantitative estimate of drug-likeness (QED) is 0.149. The summed E-state index contributed by atoms with van der Waals surface area (Å²) in [7, 11) is 0. The van der Waals surface area contributed by atoms with E-state index in [1.165, 1.54) is 22.3 Å². The summed E-state index contributed by atoms with van der Waals surface area (Å²) in [6.07, 6.45) is 1.94. The molecule has 0 amide bonds. The van der Waals surface area contributed by atoms with Crippen LogP contribution in [0, 0.1) is 0 Å². The molecule has 0 spiro atoms. The van der Waals surface area contributed by atoms with Crippen molar-refractivity contribution in [1.82, 2.24) is 14.5 Å². The Morgan fingerprint density at radius 2 is 0.907 bits per heavy atom. The molecule has 0 atom stereocenters.